The lowest BCUT2D eigenvalue weighted by molar-refractivity contribution is 0.101. The Morgan fingerprint density at radius 1 is 1.54 bits per heavy atom. The van der Waals surface area contributed by atoms with Gasteiger partial charge in [0.15, 0.2) is 5.78 Å². The molecule has 0 unspecified atom stereocenters. The molecule has 3 nitrogen and oxygen atoms in total. The van der Waals surface area contributed by atoms with Crippen LogP contribution in [0.5, 0.6) is 0 Å². The Kier molecular flexibility index (Phi) is 3.03. The molecule has 0 atom stereocenters. The number of nitrogens with zero attached hydrogens (tertiary/aromatic N) is 1. The smallest absolute Gasteiger partial charge is 0.164 e. The van der Waals surface area contributed by atoms with E-state index in [-0.39, 0.29) is 5.78 Å². The monoisotopic (exact) mass is 198 g/mol. The van der Waals surface area contributed by atoms with E-state index in [9.17, 15) is 4.79 Å². The number of carbonyl (C=O) groups excluding carboxylic acids is 1. The summed E-state index contributed by atoms with van der Waals surface area (Å²) >= 11 is 1.35. The van der Waals surface area contributed by atoms with E-state index in [1.165, 1.54) is 11.5 Å². The molecule has 13 heavy (non-hydrogen) atoms. The summed E-state index contributed by atoms with van der Waals surface area (Å²) in [4.78, 5) is 11.3. The minimum atomic E-state index is 0.0781. The van der Waals surface area contributed by atoms with Gasteiger partial charge in [0, 0.05) is 6.04 Å². The van der Waals surface area contributed by atoms with E-state index in [0.29, 0.717) is 6.04 Å². The number of hydrogen-bond acceptors (Lipinski definition) is 4. The number of aryl methyl sites for hydroxylation is 1. The zero-order valence-corrected chi connectivity index (χ0v) is 9.16. The van der Waals surface area contributed by atoms with Crippen molar-refractivity contribution in [1.82, 2.24) is 4.37 Å². The summed E-state index contributed by atoms with van der Waals surface area (Å²) in [6.45, 7) is 7.51. The molecule has 0 aliphatic heterocycles. The Hall–Kier alpha value is -0.900. The number of aromatic nitrogens is 1. The normalized spacial score (nSPS) is 10.5. The molecular formula is C9H14N2OS. The molecule has 1 aromatic rings. The van der Waals surface area contributed by atoms with Gasteiger partial charge in [-0.25, -0.2) is 0 Å². The van der Waals surface area contributed by atoms with Gasteiger partial charge >= 0.3 is 0 Å². The number of ketones is 1. The number of carbonyl (C=O) groups is 1. The van der Waals surface area contributed by atoms with Crippen molar-refractivity contribution in [2.75, 3.05) is 5.32 Å². The van der Waals surface area contributed by atoms with Crippen LogP contribution in [0, 0.1) is 6.92 Å². The highest BCUT2D eigenvalue weighted by Gasteiger charge is 2.14. The third-order valence-corrected chi connectivity index (χ3v) is 2.50. The molecule has 72 valence electrons. The van der Waals surface area contributed by atoms with Crippen LogP contribution in [-0.2, 0) is 0 Å². The van der Waals surface area contributed by atoms with Crippen molar-refractivity contribution in [3.63, 3.8) is 0 Å². The second-order valence-corrected chi connectivity index (χ2v) is 4.10. The van der Waals surface area contributed by atoms with Gasteiger partial charge in [0.1, 0.15) is 5.00 Å². The molecule has 1 N–H and O–H groups in total. The van der Waals surface area contributed by atoms with Crippen LogP contribution in [-0.4, -0.2) is 16.2 Å². The summed E-state index contributed by atoms with van der Waals surface area (Å²) in [6, 6.07) is 0.331. The molecule has 0 amide bonds. The fourth-order valence-electron chi connectivity index (χ4n) is 1.15. The molecule has 0 saturated carbocycles. The van der Waals surface area contributed by atoms with Crippen LogP contribution in [0.3, 0.4) is 0 Å². The second kappa shape index (κ2) is 3.87. The largest absolute Gasteiger partial charge is 0.373 e. The lowest BCUT2D eigenvalue weighted by atomic mass is 10.2. The zero-order valence-electron chi connectivity index (χ0n) is 8.34. The Morgan fingerprint density at radius 2 is 2.15 bits per heavy atom. The minimum absolute atomic E-state index is 0.0781. The Bertz CT molecular complexity index is 317. The average Bonchev–Trinajstić information content (AvgIpc) is 2.30. The number of nitrogens with one attached hydrogen (secondary N) is 1. The van der Waals surface area contributed by atoms with Crippen molar-refractivity contribution >= 4 is 22.3 Å². The molecular weight excluding hydrogens is 184 g/mol. The molecule has 0 fully saturated rings. The van der Waals surface area contributed by atoms with Gasteiger partial charge in [-0.2, -0.15) is 4.37 Å². The van der Waals surface area contributed by atoms with Gasteiger partial charge in [-0.1, -0.05) is 0 Å². The van der Waals surface area contributed by atoms with E-state index in [1.807, 2.05) is 20.8 Å². The predicted molar refractivity (Wildman–Crippen MR) is 55.6 cm³/mol. The average molecular weight is 198 g/mol. The van der Waals surface area contributed by atoms with E-state index >= 15 is 0 Å². The van der Waals surface area contributed by atoms with Crippen LogP contribution in [0.4, 0.5) is 5.00 Å². The Morgan fingerprint density at radius 3 is 2.62 bits per heavy atom. The van der Waals surface area contributed by atoms with E-state index < -0.39 is 0 Å². The quantitative estimate of drug-likeness (QED) is 0.759. The fraction of sp³-hybridized carbons (Fsp3) is 0.556. The summed E-state index contributed by atoms with van der Waals surface area (Å²) in [5.41, 5.74) is 1.55. The van der Waals surface area contributed by atoms with Crippen molar-refractivity contribution in [3.05, 3.63) is 11.3 Å². The second-order valence-electron chi connectivity index (χ2n) is 3.33. The standard InChI is InChI=1S/C9H14N2OS/c1-5(2)10-9-8(7(4)12)6(3)11-13-9/h5,10H,1-4H3. The maximum Gasteiger partial charge on any atom is 0.164 e. The van der Waals surface area contributed by atoms with Gasteiger partial charge in [0.25, 0.3) is 0 Å². The Labute approximate surface area is 82.3 Å². The topological polar surface area (TPSA) is 42.0 Å². The van der Waals surface area contributed by atoms with Crippen LogP contribution in [0.25, 0.3) is 0 Å². The third-order valence-electron chi connectivity index (χ3n) is 1.63. The van der Waals surface area contributed by atoms with E-state index in [4.69, 9.17) is 0 Å². The lowest BCUT2D eigenvalue weighted by Gasteiger charge is -2.07. The Balaban J connectivity index is 3.00. The highest BCUT2D eigenvalue weighted by molar-refractivity contribution is 7.10. The molecule has 4 heteroatoms. The van der Waals surface area contributed by atoms with Gasteiger partial charge in [0.05, 0.1) is 11.3 Å². The van der Waals surface area contributed by atoms with Crippen molar-refractivity contribution in [2.24, 2.45) is 0 Å². The molecule has 0 saturated heterocycles. The summed E-state index contributed by atoms with van der Waals surface area (Å²) in [6.07, 6.45) is 0. The van der Waals surface area contributed by atoms with Crippen LogP contribution in [0.1, 0.15) is 36.8 Å². The summed E-state index contributed by atoms with van der Waals surface area (Å²) in [5.74, 6) is 0.0781. The number of anilines is 1. The van der Waals surface area contributed by atoms with Crippen LogP contribution < -0.4 is 5.32 Å². The van der Waals surface area contributed by atoms with E-state index in [1.54, 1.807) is 6.92 Å². The molecule has 0 aliphatic rings. The first-order valence-corrected chi connectivity index (χ1v) is 5.03. The molecule has 0 aliphatic carbocycles. The highest BCUT2D eigenvalue weighted by atomic mass is 32.1. The molecule has 0 radical (unpaired) electrons. The van der Waals surface area contributed by atoms with Crippen LogP contribution >= 0.6 is 11.5 Å². The van der Waals surface area contributed by atoms with Crippen molar-refractivity contribution < 1.29 is 4.79 Å². The fourth-order valence-corrected chi connectivity index (χ4v) is 2.14. The number of Topliss-reactive ketones (excluding diaryl/α,β-unsaturated/α-hetero) is 1. The van der Waals surface area contributed by atoms with Crippen LogP contribution in [0.15, 0.2) is 0 Å². The first-order valence-electron chi connectivity index (χ1n) is 4.26. The number of rotatable bonds is 3. The summed E-state index contributed by atoms with van der Waals surface area (Å²) < 4.78 is 4.15. The van der Waals surface area contributed by atoms with E-state index in [0.717, 1.165) is 16.3 Å². The number of hydrogen-bond donors (Lipinski definition) is 1. The van der Waals surface area contributed by atoms with Gasteiger partial charge in [-0.3, -0.25) is 4.79 Å². The molecule has 1 heterocycles. The zero-order chi connectivity index (χ0) is 10.0. The molecule has 0 spiro atoms. The van der Waals surface area contributed by atoms with Gasteiger partial charge in [0.2, 0.25) is 0 Å². The maximum absolute atomic E-state index is 11.3. The lowest BCUT2D eigenvalue weighted by Crippen LogP contribution is -2.11. The predicted octanol–water partition coefficient (Wildman–Crippen LogP) is 2.47. The SMILES string of the molecule is CC(=O)c1c(C)nsc1NC(C)C. The molecule has 0 aromatic carbocycles. The maximum atomic E-state index is 11.3. The molecule has 1 rings (SSSR count). The summed E-state index contributed by atoms with van der Waals surface area (Å²) in [7, 11) is 0. The summed E-state index contributed by atoms with van der Waals surface area (Å²) in [5, 5.41) is 4.10. The minimum Gasteiger partial charge on any atom is -0.373 e. The first-order chi connectivity index (χ1) is 6.02. The van der Waals surface area contributed by atoms with Crippen molar-refractivity contribution in [2.45, 2.75) is 33.7 Å². The van der Waals surface area contributed by atoms with Crippen molar-refractivity contribution in [1.29, 1.82) is 0 Å². The first kappa shape index (κ1) is 10.2. The highest BCUT2D eigenvalue weighted by Crippen LogP contribution is 2.25. The van der Waals surface area contributed by atoms with Gasteiger partial charge < -0.3 is 5.32 Å². The molecule has 0 bridgehead atoms. The van der Waals surface area contributed by atoms with Gasteiger partial charge in [-0.15, -0.1) is 0 Å². The van der Waals surface area contributed by atoms with Crippen LogP contribution in [0.2, 0.25) is 0 Å². The van der Waals surface area contributed by atoms with E-state index in [2.05, 4.69) is 9.69 Å². The molecule has 1 aromatic heterocycles. The third kappa shape index (κ3) is 2.28. The van der Waals surface area contributed by atoms with Gasteiger partial charge in [-0.05, 0) is 39.2 Å². The van der Waals surface area contributed by atoms with Crippen molar-refractivity contribution in [3.8, 4) is 0 Å².